The fourth-order valence-corrected chi connectivity index (χ4v) is 1.69. The van der Waals surface area contributed by atoms with E-state index in [4.69, 9.17) is 15.2 Å². The van der Waals surface area contributed by atoms with E-state index in [9.17, 15) is 4.79 Å². The van der Waals surface area contributed by atoms with Gasteiger partial charge in [-0.15, -0.1) is 0 Å². The zero-order valence-corrected chi connectivity index (χ0v) is 11.4. The molecule has 1 unspecified atom stereocenters. The number of carbonyl (C=O) groups excluding carboxylic acids is 1. The molecule has 17 heavy (non-hydrogen) atoms. The van der Waals surface area contributed by atoms with Crippen LogP contribution in [0.4, 0.5) is 0 Å². The Morgan fingerprint density at radius 2 is 2.00 bits per heavy atom. The van der Waals surface area contributed by atoms with Gasteiger partial charge >= 0.3 is 5.97 Å². The lowest BCUT2D eigenvalue weighted by molar-refractivity contribution is -0.144. The molecule has 0 aromatic heterocycles. The van der Waals surface area contributed by atoms with E-state index in [2.05, 4.69) is 5.32 Å². The Bertz CT molecular complexity index is 210. The summed E-state index contributed by atoms with van der Waals surface area (Å²) in [6.45, 7) is 5.19. The summed E-state index contributed by atoms with van der Waals surface area (Å²) in [4.78, 5) is 11.6. The molecule has 0 radical (unpaired) electrons. The molecule has 0 heterocycles. The van der Waals surface area contributed by atoms with Gasteiger partial charge < -0.3 is 15.2 Å². The molecule has 0 rings (SSSR count). The Labute approximate surface area is 104 Å². The fourth-order valence-electron chi connectivity index (χ4n) is 1.69. The minimum absolute atomic E-state index is 0.134. The quantitative estimate of drug-likeness (QED) is 0.580. The first-order valence-corrected chi connectivity index (χ1v) is 6.09. The smallest absolute Gasteiger partial charge is 0.323 e. The van der Waals surface area contributed by atoms with E-state index in [1.54, 1.807) is 7.11 Å². The topological polar surface area (TPSA) is 73.6 Å². The number of nitrogens with two attached hydrogens (primary N) is 1. The Balaban J connectivity index is 4.38. The lowest BCUT2D eigenvalue weighted by atomic mass is 10.0. The van der Waals surface area contributed by atoms with Crippen LogP contribution < -0.4 is 11.1 Å². The molecule has 0 bridgehead atoms. The normalized spacial score (nSPS) is 14.7. The molecule has 0 aromatic rings. The van der Waals surface area contributed by atoms with Crippen molar-refractivity contribution in [1.29, 1.82) is 0 Å². The number of nitrogens with one attached hydrogen (secondary N) is 1. The van der Waals surface area contributed by atoms with Gasteiger partial charge in [-0.05, 0) is 25.3 Å². The highest BCUT2D eigenvalue weighted by atomic mass is 16.5. The van der Waals surface area contributed by atoms with Crippen molar-refractivity contribution >= 4 is 5.97 Å². The van der Waals surface area contributed by atoms with Gasteiger partial charge in [0, 0.05) is 13.2 Å². The molecule has 0 saturated heterocycles. The summed E-state index contributed by atoms with van der Waals surface area (Å²) in [6.07, 6.45) is 1.80. The predicted molar refractivity (Wildman–Crippen MR) is 67.7 cm³/mol. The number of carbonyl (C=O) groups is 1. The van der Waals surface area contributed by atoms with Crippen LogP contribution in [0.3, 0.4) is 0 Å². The third-order valence-electron chi connectivity index (χ3n) is 2.66. The molecule has 0 aromatic carbocycles. The molecular weight excluding hydrogens is 220 g/mol. The molecule has 0 fully saturated rings. The Morgan fingerprint density at radius 1 is 1.35 bits per heavy atom. The van der Waals surface area contributed by atoms with Gasteiger partial charge in [0.1, 0.15) is 6.04 Å². The van der Waals surface area contributed by atoms with Crippen LogP contribution >= 0.6 is 0 Å². The maximum absolute atomic E-state index is 11.6. The van der Waals surface area contributed by atoms with Crippen molar-refractivity contribution < 1.29 is 14.3 Å². The molecule has 5 heteroatoms. The highest BCUT2D eigenvalue weighted by Gasteiger charge is 2.25. The average molecular weight is 246 g/mol. The first kappa shape index (κ1) is 16.4. The summed E-state index contributed by atoms with van der Waals surface area (Å²) < 4.78 is 9.93. The highest BCUT2D eigenvalue weighted by Crippen LogP contribution is 2.07. The molecule has 0 saturated carbocycles. The molecule has 0 amide bonds. The second kappa shape index (κ2) is 9.39. The number of ether oxygens (including phenoxy) is 2. The first-order chi connectivity index (χ1) is 8.06. The van der Waals surface area contributed by atoms with Gasteiger partial charge in [-0.25, -0.2) is 0 Å². The van der Waals surface area contributed by atoms with Gasteiger partial charge in [0.2, 0.25) is 0 Å². The van der Waals surface area contributed by atoms with Crippen molar-refractivity contribution in [2.75, 3.05) is 27.4 Å². The lowest BCUT2D eigenvalue weighted by Gasteiger charge is -2.26. The van der Waals surface area contributed by atoms with Crippen LogP contribution in [0.5, 0.6) is 0 Å². The largest absolute Gasteiger partial charge is 0.468 e. The third kappa shape index (κ3) is 6.61. The molecule has 102 valence electrons. The molecule has 0 aliphatic rings. The van der Waals surface area contributed by atoms with Gasteiger partial charge in [-0.3, -0.25) is 10.1 Å². The Hall–Kier alpha value is -0.650. The van der Waals surface area contributed by atoms with E-state index in [1.165, 1.54) is 7.11 Å². The van der Waals surface area contributed by atoms with E-state index >= 15 is 0 Å². The number of hydrogen-bond donors (Lipinski definition) is 2. The van der Waals surface area contributed by atoms with E-state index in [0.29, 0.717) is 13.2 Å². The molecule has 2 atom stereocenters. The lowest BCUT2D eigenvalue weighted by Crippen LogP contribution is -2.48. The standard InChI is InChI=1S/C12H26N2O3/c1-9(2)11(12(15)17-4)14-10(8-16-3)6-5-7-13/h9-11,14H,5-8,13H2,1-4H3/t10?,11-/m0/s1. The summed E-state index contributed by atoms with van der Waals surface area (Å²) in [5, 5.41) is 3.28. The molecule has 0 aliphatic heterocycles. The highest BCUT2D eigenvalue weighted by molar-refractivity contribution is 5.75. The number of rotatable bonds is 9. The SMILES string of the molecule is COCC(CCCN)N[C@H](C(=O)OC)C(C)C. The second-order valence-electron chi connectivity index (χ2n) is 4.49. The van der Waals surface area contributed by atoms with Crippen LogP contribution in [0.25, 0.3) is 0 Å². The third-order valence-corrected chi connectivity index (χ3v) is 2.66. The van der Waals surface area contributed by atoms with E-state index in [0.717, 1.165) is 12.8 Å². The van der Waals surface area contributed by atoms with E-state index < -0.39 is 0 Å². The summed E-state index contributed by atoms with van der Waals surface area (Å²) in [7, 11) is 3.06. The van der Waals surface area contributed by atoms with Crippen LogP contribution in [0, 0.1) is 5.92 Å². The van der Waals surface area contributed by atoms with Crippen LogP contribution in [-0.4, -0.2) is 45.4 Å². The van der Waals surface area contributed by atoms with E-state index in [-0.39, 0.29) is 24.0 Å². The molecule has 3 N–H and O–H groups in total. The molecular formula is C12H26N2O3. The van der Waals surface area contributed by atoms with Crippen LogP contribution in [0.1, 0.15) is 26.7 Å². The summed E-state index contributed by atoms with van der Waals surface area (Å²) in [5.41, 5.74) is 5.49. The van der Waals surface area contributed by atoms with Crippen molar-refractivity contribution in [3.63, 3.8) is 0 Å². The van der Waals surface area contributed by atoms with Crippen LogP contribution in [0.2, 0.25) is 0 Å². The van der Waals surface area contributed by atoms with Crippen LogP contribution in [-0.2, 0) is 14.3 Å². The number of esters is 1. The van der Waals surface area contributed by atoms with Crippen molar-refractivity contribution in [2.45, 2.75) is 38.8 Å². The number of methoxy groups -OCH3 is 2. The molecule has 0 spiro atoms. The average Bonchev–Trinajstić information content (AvgIpc) is 2.31. The minimum Gasteiger partial charge on any atom is -0.468 e. The molecule has 5 nitrogen and oxygen atoms in total. The van der Waals surface area contributed by atoms with Gasteiger partial charge in [0.15, 0.2) is 0 Å². The number of hydrogen-bond acceptors (Lipinski definition) is 5. The minimum atomic E-state index is -0.294. The Morgan fingerprint density at radius 3 is 2.41 bits per heavy atom. The maximum atomic E-state index is 11.6. The van der Waals surface area contributed by atoms with Crippen molar-refractivity contribution in [3.05, 3.63) is 0 Å². The van der Waals surface area contributed by atoms with Crippen molar-refractivity contribution in [1.82, 2.24) is 5.32 Å². The summed E-state index contributed by atoms with van der Waals surface area (Å²) in [6, 6.07) is -0.159. The fraction of sp³-hybridized carbons (Fsp3) is 0.917. The van der Waals surface area contributed by atoms with Crippen molar-refractivity contribution in [2.24, 2.45) is 11.7 Å². The summed E-state index contributed by atoms with van der Waals surface area (Å²) >= 11 is 0. The first-order valence-electron chi connectivity index (χ1n) is 6.09. The predicted octanol–water partition coefficient (Wildman–Crippen LogP) is 0.528. The van der Waals surface area contributed by atoms with E-state index in [1.807, 2.05) is 13.8 Å². The van der Waals surface area contributed by atoms with Crippen molar-refractivity contribution in [3.8, 4) is 0 Å². The van der Waals surface area contributed by atoms with Gasteiger partial charge in [-0.2, -0.15) is 0 Å². The zero-order chi connectivity index (χ0) is 13.3. The zero-order valence-electron chi connectivity index (χ0n) is 11.4. The van der Waals surface area contributed by atoms with Gasteiger partial charge in [0.05, 0.1) is 13.7 Å². The van der Waals surface area contributed by atoms with Crippen LogP contribution in [0.15, 0.2) is 0 Å². The maximum Gasteiger partial charge on any atom is 0.323 e. The second-order valence-corrected chi connectivity index (χ2v) is 4.49. The van der Waals surface area contributed by atoms with Gasteiger partial charge in [0.25, 0.3) is 0 Å². The molecule has 0 aliphatic carbocycles. The monoisotopic (exact) mass is 246 g/mol. The Kier molecular flexibility index (Phi) is 9.03. The summed E-state index contributed by atoms with van der Waals surface area (Å²) in [5.74, 6) is -0.0477. The van der Waals surface area contributed by atoms with Gasteiger partial charge in [-0.1, -0.05) is 13.8 Å².